The summed E-state index contributed by atoms with van der Waals surface area (Å²) in [6, 6.07) is 3.40. The van der Waals surface area contributed by atoms with Gasteiger partial charge in [-0.05, 0) is 42.4 Å². The molecule has 0 radical (unpaired) electrons. The summed E-state index contributed by atoms with van der Waals surface area (Å²) in [4.78, 5) is 25.7. The summed E-state index contributed by atoms with van der Waals surface area (Å²) in [5.41, 5.74) is 0.141. The van der Waals surface area contributed by atoms with Crippen molar-refractivity contribution in [3.8, 4) is 0 Å². The number of hydrogen-bond acceptors (Lipinski definition) is 5. The lowest BCUT2D eigenvalue weighted by Crippen LogP contribution is -2.54. The van der Waals surface area contributed by atoms with Crippen molar-refractivity contribution in [1.29, 1.82) is 0 Å². The number of rotatable bonds is 7. The van der Waals surface area contributed by atoms with Gasteiger partial charge in [0.1, 0.15) is 11.9 Å². The third kappa shape index (κ3) is 5.59. The highest BCUT2D eigenvalue weighted by atomic mass is 19.1. The zero-order valence-corrected chi connectivity index (χ0v) is 18.3. The summed E-state index contributed by atoms with van der Waals surface area (Å²) in [5, 5.41) is 19.4. The summed E-state index contributed by atoms with van der Waals surface area (Å²) >= 11 is 0. The molecule has 1 fully saturated rings. The number of ether oxygens (including phenoxy) is 1. The van der Waals surface area contributed by atoms with E-state index in [1.165, 1.54) is 12.1 Å². The number of halogens is 1. The number of fused-ring (bicyclic) bond motifs is 1. The highest BCUT2D eigenvalue weighted by molar-refractivity contribution is 6.06. The summed E-state index contributed by atoms with van der Waals surface area (Å²) in [6.07, 6.45) is 1.77. The Morgan fingerprint density at radius 2 is 2.03 bits per heavy atom. The van der Waals surface area contributed by atoms with Crippen molar-refractivity contribution in [3.05, 3.63) is 29.7 Å². The van der Waals surface area contributed by atoms with Crippen molar-refractivity contribution in [3.63, 3.8) is 0 Å². The monoisotopic (exact) mass is 434 g/mol. The lowest BCUT2D eigenvalue weighted by molar-refractivity contribution is -0.125. The topological polar surface area (TPSA) is 105 Å². The number of aliphatic hydroxyl groups is 1. The molecule has 3 rings (SSSR count). The van der Waals surface area contributed by atoms with E-state index in [1.54, 1.807) is 10.7 Å². The fourth-order valence-corrected chi connectivity index (χ4v) is 3.78. The number of aliphatic hydroxyl groups excluding tert-OH is 1. The Bertz CT molecular complexity index is 931. The second-order valence-electron chi connectivity index (χ2n) is 9.04. The van der Waals surface area contributed by atoms with Crippen LogP contribution in [0.5, 0.6) is 0 Å². The Morgan fingerprint density at radius 3 is 2.68 bits per heavy atom. The van der Waals surface area contributed by atoms with Gasteiger partial charge in [-0.3, -0.25) is 14.3 Å². The number of hydrogen-bond donors (Lipinski definition) is 3. The van der Waals surface area contributed by atoms with E-state index in [-0.39, 0.29) is 24.8 Å². The van der Waals surface area contributed by atoms with Crippen molar-refractivity contribution in [2.45, 2.75) is 46.2 Å². The molecule has 1 atom stereocenters. The highest BCUT2D eigenvalue weighted by Gasteiger charge is 2.34. The van der Waals surface area contributed by atoms with E-state index in [9.17, 15) is 14.0 Å². The first-order valence-corrected chi connectivity index (χ1v) is 10.6. The van der Waals surface area contributed by atoms with Crippen LogP contribution < -0.4 is 10.6 Å². The fraction of sp³-hybridized carbons (Fsp3) is 0.591. The predicted octanol–water partition coefficient (Wildman–Crippen LogP) is 1.85. The third-order valence-corrected chi connectivity index (χ3v) is 5.52. The third-order valence-electron chi connectivity index (χ3n) is 5.52. The molecular formula is C22H31FN4O4. The molecule has 0 aliphatic carbocycles. The van der Waals surface area contributed by atoms with Gasteiger partial charge in [0.2, 0.25) is 5.91 Å². The first-order chi connectivity index (χ1) is 14.7. The van der Waals surface area contributed by atoms with E-state index in [4.69, 9.17) is 9.84 Å². The average Bonchev–Trinajstić information content (AvgIpc) is 3.07. The van der Waals surface area contributed by atoms with Gasteiger partial charge in [0, 0.05) is 31.7 Å². The van der Waals surface area contributed by atoms with Crippen LogP contribution in [0.4, 0.5) is 4.39 Å². The maximum absolute atomic E-state index is 14.0. The van der Waals surface area contributed by atoms with Crippen molar-refractivity contribution in [2.24, 2.45) is 11.3 Å². The second kappa shape index (κ2) is 9.74. The molecule has 0 saturated carbocycles. The van der Waals surface area contributed by atoms with Crippen molar-refractivity contribution >= 4 is 22.7 Å². The Hall–Kier alpha value is -2.52. The van der Waals surface area contributed by atoms with E-state index in [1.807, 2.05) is 20.8 Å². The molecule has 31 heavy (non-hydrogen) atoms. The first-order valence-electron chi connectivity index (χ1n) is 10.6. The predicted molar refractivity (Wildman–Crippen MR) is 114 cm³/mol. The van der Waals surface area contributed by atoms with E-state index in [0.29, 0.717) is 36.6 Å². The SMILES string of the molecule is CC(C)(C)[C@H](NC(=O)c1nn(CC2CCOCC2)c2cc(F)ccc12)C(=O)NCCO. The van der Waals surface area contributed by atoms with Crippen LogP contribution in [0.25, 0.3) is 10.9 Å². The van der Waals surface area contributed by atoms with Gasteiger partial charge in [0.15, 0.2) is 5.69 Å². The van der Waals surface area contributed by atoms with E-state index < -0.39 is 23.2 Å². The fourth-order valence-electron chi connectivity index (χ4n) is 3.78. The molecule has 170 valence electrons. The Kier molecular flexibility index (Phi) is 7.27. The van der Waals surface area contributed by atoms with E-state index >= 15 is 0 Å². The van der Waals surface area contributed by atoms with Crippen LogP contribution in [0, 0.1) is 17.2 Å². The summed E-state index contributed by atoms with van der Waals surface area (Å²) in [6.45, 7) is 7.36. The average molecular weight is 435 g/mol. The van der Waals surface area contributed by atoms with Gasteiger partial charge in [-0.15, -0.1) is 0 Å². The van der Waals surface area contributed by atoms with Crippen LogP contribution in [-0.2, 0) is 16.1 Å². The molecule has 0 spiro atoms. The zero-order chi connectivity index (χ0) is 22.6. The minimum Gasteiger partial charge on any atom is -0.395 e. The molecule has 9 heteroatoms. The van der Waals surface area contributed by atoms with Gasteiger partial charge in [-0.2, -0.15) is 5.10 Å². The molecule has 8 nitrogen and oxygen atoms in total. The molecule has 3 N–H and O–H groups in total. The van der Waals surface area contributed by atoms with Gasteiger partial charge >= 0.3 is 0 Å². The molecular weight excluding hydrogens is 403 g/mol. The van der Waals surface area contributed by atoms with Crippen LogP contribution >= 0.6 is 0 Å². The van der Waals surface area contributed by atoms with Gasteiger partial charge in [0.25, 0.3) is 5.91 Å². The summed E-state index contributed by atoms with van der Waals surface area (Å²) < 4.78 is 21.0. The molecule has 2 amide bonds. The van der Waals surface area contributed by atoms with Gasteiger partial charge in [0.05, 0.1) is 12.1 Å². The highest BCUT2D eigenvalue weighted by Crippen LogP contribution is 2.25. The number of nitrogens with one attached hydrogen (secondary N) is 2. The quantitative estimate of drug-likeness (QED) is 0.617. The standard InChI is InChI=1S/C22H31FN4O4/c1-22(2,3)19(21(30)24-8-9-28)25-20(29)18-16-5-4-15(23)12-17(16)27(26-18)13-14-6-10-31-11-7-14/h4-5,12,14,19,28H,6-11,13H2,1-3H3,(H,24,30)(H,25,29)/t19-/m1/s1. The normalized spacial score (nSPS) is 16.3. The second-order valence-corrected chi connectivity index (χ2v) is 9.04. The van der Waals surface area contributed by atoms with Crippen molar-refractivity contribution in [2.75, 3.05) is 26.4 Å². The molecule has 2 heterocycles. The number of carbonyl (C=O) groups is 2. The largest absolute Gasteiger partial charge is 0.395 e. The van der Waals surface area contributed by atoms with E-state index in [2.05, 4.69) is 15.7 Å². The molecule has 0 bridgehead atoms. The van der Waals surface area contributed by atoms with Crippen molar-refractivity contribution in [1.82, 2.24) is 20.4 Å². The Balaban J connectivity index is 1.89. The number of amides is 2. The molecule has 1 aliphatic rings. The maximum Gasteiger partial charge on any atom is 0.273 e. The van der Waals surface area contributed by atoms with Gasteiger partial charge in [-0.25, -0.2) is 4.39 Å². The minimum atomic E-state index is -0.831. The number of aromatic nitrogens is 2. The Morgan fingerprint density at radius 1 is 1.32 bits per heavy atom. The molecule has 1 aromatic carbocycles. The molecule has 0 unspecified atom stereocenters. The molecule has 1 saturated heterocycles. The zero-order valence-electron chi connectivity index (χ0n) is 18.3. The maximum atomic E-state index is 14.0. The van der Waals surface area contributed by atoms with Crippen LogP contribution in [0.2, 0.25) is 0 Å². The van der Waals surface area contributed by atoms with Crippen LogP contribution in [0.15, 0.2) is 18.2 Å². The van der Waals surface area contributed by atoms with Crippen LogP contribution in [0.1, 0.15) is 44.1 Å². The smallest absolute Gasteiger partial charge is 0.273 e. The lowest BCUT2D eigenvalue weighted by atomic mass is 9.86. The number of carbonyl (C=O) groups excluding carboxylic acids is 2. The first kappa shape index (κ1) is 23.1. The summed E-state index contributed by atoms with van der Waals surface area (Å²) in [7, 11) is 0. The summed E-state index contributed by atoms with van der Waals surface area (Å²) in [5.74, 6) is -0.945. The van der Waals surface area contributed by atoms with Gasteiger partial charge < -0.3 is 20.5 Å². The van der Waals surface area contributed by atoms with Crippen molar-refractivity contribution < 1.29 is 23.8 Å². The molecule has 1 aliphatic heterocycles. The molecule has 2 aromatic rings. The van der Waals surface area contributed by atoms with Crippen LogP contribution in [-0.4, -0.2) is 59.1 Å². The molecule has 1 aromatic heterocycles. The van der Waals surface area contributed by atoms with E-state index in [0.717, 1.165) is 12.8 Å². The van der Waals surface area contributed by atoms with Crippen LogP contribution in [0.3, 0.4) is 0 Å². The van der Waals surface area contributed by atoms with Gasteiger partial charge in [-0.1, -0.05) is 20.8 Å². The lowest BCUT2D eigenvalue weighted by Gasteiger charge is -2.30. The number of benzene rings is 1. The minimum absolute atomic E-state index is 0.100. The Labute approximate surface area is 181 Å². The number of nitrogens with zero attached hydrogens (tertiary/aromatic N) is 2.